The molecular weight excluding hydrogens is 180 g/mol. The van der Waals surface area contributed by atoms with Crippen LogP contribution in [0.2, 0.25) is 0 Å². The fourth-order valence-corrected chi connectivity index (χ4v) is 0.957. The van der Waals surface area contributed by atoms with Gasteiger partial charge < -0.3 is 9.47 Å². The van der Waals surface area contributed by atoms with E-state index in [1.165, 1.54) is 0 Å². The molecule has 0 saturated carbocycles. The van der Waals surface area contributed by atoms with Crippen LogP contribution >= 0.6 is 0 Å². The third-order valence-corrected chi connectivity index (χ3v) is 1.83. The minimum absolute atomic E-state index is 0.174. The average Bonchev–Trinajstić information content (AvgIpc) is 2.02. The van der Waals surface area contributed by atoms with Crippen molar-refractivity contribution in [1.29, 1.82) is 0 Å². The van der Waals surface area contributed by atoms with Crippen LogP contribution in [-0.4, -0.2) is 31.2 Å². The highest BCUT2D eigenvalue weighted by Crippen LogP contribution is 2.00. The Hall–Kier alpha value is -0.410. The number of Topliss-reactive ketones (excluding diaryl/α,β-unsaturated/α-hetero) is 1. The van der Waals surface area contributed by atoms with Crippen molar-refractivity contribution in [1.82, 2.24) is 0 Å². The van der Waals surface area contributed by atoms with Gasteiger partial charge in [0, 0.05) is 13.0 Å². The molecule has 0 aliphatic heterocycles. The maximum Gasteiger partial charge on any atom is 0.132 e. The Bertz CT molecular complexity index is 155. The second-order valence-electron chi connectivity index (χ2n) is 3.84. The van der Waals surface area contributed by atoms with E-state index < -0.39 is 0 Å². The molecule has 1 atom stereocenters. The van der Waals surface area contributed by atoms with E-state index in [2.05, 4.69) is 0 Å². The standard InChI is InChI=1S/C11H22O3/c1-9(2)13-8-6-11(4)14-7-5-10(3)12/h9,11H,5-8H2,1-4H3. The first-order valence-corrected chi connectivity index (χ1v) is 5.25. The molecule has 0 aliphatic rings. The van der Waals surface area contributed by atoms with Gasteiger partial charge in [-0.05, 0) is 34.1 Å². The van der Waals surface area contributed by atoms with Gasteiger partial charge in [-0.2, -0.15) is 0 Å². The molecule has 3 nitrogen and oxygen atoms in total. The zero-order chi connectivity index (χ0) is 11.0. The summed E-state index contributed by atoms with van der Waals surface area (Å²) in [5.74, 6) is 0.177. The number of ketones is 1. The van der Waals surface area contributed by atoms with E-state index in [0.717, 1.165) is 13.0 Å². The van der Waals surface area contributed by atoms with Gasteiger partial charge in [0.1, 0.15) is 5.78 Å². The smallest absolute Gasteiger partial charge is 0.132 e. The van der Waals surface area contributed by atoms with Crippen molar-refractivity contribution in [2.45, 2.75) is 52.7 Å². The summed E-state index contributed by atoms with van der Waals surface area (Å²) in [5, 5.41) is 0. The van der Waals surface area contributed by atoms with Gasteiger partial charge in [-0.15, -0.1) is 0 Å². The van der Waals surface area contributed by atoms with Crippen LogP contribution in [-0.2, 0) is 14.3 Å². The van der Waals surface area contributed by atoms with Crippen LogP contribution in [0.4, 0.5) is 0 Å². The number of ether oxygens (including phenoxy) is 2. The van der Waals surface area contributed by atoms with Crippen molar-refractivity contribution in [2.24, 2.45) is 0 Å². The van der Waals surface area contributed by atoms with Crippen LogP contribution in [0.5, 0.6) is 0 Å². The summed E-state index contributed by atoms with van der Waals surface area (Å²) in [6.45, 7) is 8.86. The highest BCUT2D eigenvalue weighted by molar-refractivity contribution is 5.75. The molecule has 0 amide bonds. The molecule has 0 aromatic carbocycles. The Labute approximate surface area is 86.8 Å². The first-order valence-electron chi connectivity index (χ1n) is 5.25. The van der Waals surface area contributed by atoms with E-state index in [-0.39, 0.29) is 18.0 Å². The van der Waals surface area contributed by atoms with Crippen molar-refractivity contribution >= 4 is 5.78 Å². The summed E-state index contributed by atoms with van der Waals surface area (Å²) >= 11 is 0. The van der Waals surface area contributed by atoms with Gasteiger partial charge in [-0.25, -0.2) is 0 Å². The van der Waals surface area contributed by atoms with Gasteiger partial charge >= 0.3 is 0 Å². The number of rotatable bonds is 8. The van der Waals surface area contributed by atoms with Gasteiger partial charge in [-0.3, -0.25) is 4.79 Å². The van der Waals surface area contributed by atoms with Crippen molar-refractivity contribution in [3.8, 4) is 0 Å². The number of carbonyl (C=O) groups excluding carboxylic acids is 1. The van der Waals surface area contributed by atoms with Crippen LogP contribution in [0.1, 0.15) is 40.5 Å². The van der Waals surface area contributed by atoms with Crippen LogP contribution in [0.3, 0.4) is 0 Å². The predicted molar refractivity (Wildman–Crippen MR) is 56.4 cm³/mol. The highest BCUT2D eigenvalue weighted by atomic mass is 16.5. The molecule has 84 valence electrons. The second-order valence-corrected chi connectivity index (χ2v) is 3.84. The maximum absolute atomic E-state index is 10.6. The summed E-state index contributed by atoms with van der Waals surface area (Å²) in [6, 6.07) is 0. The molecule has 1 unspecified atom stereocenters. The molecule has 0 radical (unpaired) electrons. The van der Waals surface area contributed by atoms with Crippen molar-refractivity contribution in [3.63, 3.8) is 0 Å². The molecule has 0 aromatic rings. The summed E-state index contributed by atoms with van der Waals surface area (Å²) in [6.07, 6.45) is 1.85. The molecule has 0 aliphatic carbocycles. The van der Waals surface area contributed by atoms with Gasteiger partial charge in [-0.1, -0.05) is 0 Å². The SMILES string of the molecule is CC(=O)CCOC(C)CCOC(C)C. The third-order valence-electron chi connectivity index (χ3n) is 1.83. The molecule has 3 heteroatoms. The molecule has 0 saturated heterocycles. The minimum atomic E-state index is 0.174. The molecule has 0 aromatic heterocycles. The predicted octanol–water partition coefficient (Wildman–Crippen LogP) is 2.19. The molecule has 0 heterocycles. The normalized spacial score (nSPS) is 13.2. The molecule has 0 fully saturated rings. The summed E-state index contributed by atoms with van der Waals surface area (Å²) in [4.78, 5) is 10.6. The van der Waals surface area contributed by atoms with E-state index in [1.54, 1.807) is 6.92 Å². The zero-order valence-corrected chi connectivity index (χ0v) is 9.71. The average molecular weight is 202 g/mol. The first kappa shape index (κ1) is 13.6. The van der Waals surface area contributed by atoms with Crippen LogP contribution in [0.25, 0.3) is 0 Å². The van der Waals surface area contributed by atoms with Gasteiger partial charge in [0.25, 0.3) is 0 Å². The Morgan fingerprint density at radius 3 is 2.29 bits per heavy atom. The maximum atomic E-state index is 10.6. The monoisotopic (exact) mass is 202 g/mol. The molecule has 0 bridgehead atoms. The third kappa shape index (κ3) is 9.68. The van der Waals surface area contributed by atoms with Gasteiger partial charge in [0.05, 0.1) is 18.8 Å². The van der Waals surface area contributed by atoms with Crippen LogP contribution < -0.4 is 0 Å². The Kier molecular flexibility index (Phi) is 7.71. The highest BCUT2D eigenvalue weighted by Gasteiger charge is 2.03. The lowest BCUT2D eigenvalue weighted by Crippen LogP contribution is -2.15. The van der Waals surface area contributed by atoms with Crippen molar-refractivity contribution < 1.29 is 14.3 Å². The van der Waals surface area contributed by atoms with Crippen LogP contribution in [0, 0.1) is 0 Å². The lowest BCUT2D eigenvalue weighted by atomic mass is 10.3. The number of hydrogen-bond acceptors (Lipinski definition) is 3. The fourth-order valence-electron chi connectivity index (χ4n) is 0.957. The second kappa shape index (κ2) is 7.94. The van der Waals surface area contributed by atoms with E-state index >= 15 is 0 Å². The van der Waals surface area contributed by atoms with Gasteiger partial charge in [0.2, 0.25) is 0 Å². The van der Waals surface area contributed by atoms with Gasteiger partial charge in [0.15, 0.2) is 0 Å². The zero-order valence-electron chi connectivity index (χ0n) is 9.71. The topological polar surface area (TPSA) is 35.5 Å². The quantitative estimate of drug-likeness (QED) is 0.605. The Balaban J connectivity index is 3.27. The molecule has 14 heavy (non-hydrogen) atoms. The molecule has 0 spiro atoms. The summed E-state index contributed by atoms with van der Waals surface area (Å²) in [7, 11) is 0. The lowest BCUT2D eigenvalue weighted by molar-refractivity contribution is -0.118. The minimum Gasteiger partial charge on any atom is -0.379 e. The number of hydrogen-bond donors (Lipinski definition) is 0. The molecule has 0 rings (SSSR count). The molecular formula is C11H22O3. The summed E-state index contributed by atoms with van der Waals surface area (Å²) < 4.78 is 10.8. The largest absolute Gasteiger partial charge is 0.379 e. The summed E-state index contributed by atoms with van der Waals surface area (Å²) in [5.41, 5.74) is 0. The van der Waals surface area contributed by atoms with Crippen LogP contribution in [0.15, 0.2) is 0 Å². The first-order chi connectivity index (χ1) is 6.52. The van der Waals surface area contributed by atoms with E-state index in [1.807, 2.05) is 20.8 Å². The fraction of sp³-hybridized carbons (Fsp3) is 0.909. The lowest BCUT2D eigenvalue weighted by Gasteiger charge is -2.13. The number of carbonyl (C=O) groups is 1. The Morgan fingerprint density at radius 1 is 1.14 bits per heavy atom. The van der Waals surface area contributed by atoms with E-state index in [9.17, 15) is 4.79 Å². The van der Waals surface area contributed by atoms with E-state index in [4.69, 9.17) is 9.47 Å². The Morgan fingerprint density at radius 2 is 1.79 bits per heavy atom. The van der Waals surface area contributed by atoms with Crippen molar-refractivity contribution in [3.05, 3.63) is 0 Å². The molecule has 0 N–H and O–H groups in total. The van der Waals surface area contributed by atoms with Crippen molar-refractivity contribution in [2.75, 3.05) is 13.2 Å². The van der Waals surface area contributed by atoms with E-state index in [0.29, 0.717) is 13.0 Å².